The molecule has 206 valence electrons. The van der Waals surface area contributed by atoms with Gasteiger partial charge in [-0.05, 0) is 63.2 Å². The maximum Gasteiger partial charge on any atom is 0.342 e. The van der Waals surface area contributed by atoms with Crippen LogP contribution in [-0.2, 0) is 28.5 Å². The Kier molecular flexibility index (Phi) is 6.99. The SMILES string of the molecule is Cn1c(Nc2ccc3cc(OC[C@H](ON4C(=O)c5ccccc5C4=O)C(=O)OC(C)(C)C)ccc3n2)cc[n+]1C. The lowest BCUT2D eigenvalue weighted by Gasteiger charge is -2.26. The van der Waals surface area contributed by atoms with Crippen molar-refractivity contribution in [3.8, 4) is 5.75 Å². The Hall–Kier alpha value is -4.77. The number of rotatable bonds is 8. The van der Waals surface area contributed by atoms with Crippen molar-refractivity contribution in [2.45, 2.75) is 32.5 Å². The Morgan fingerprint density at radius 1 is 1.02 bits per heavy atom. The molecular weight excluding hydrogens is 514 g/mol. The van der Waals surface area contributed by atoms with Crippen molar-refractivity contribution >= 4 is 40.3 Å². The van der Waals surface area contributed by atoms with Crippen LogP contribution >= 0.6 is 0 Å². The number of aromatic nitrogens is 3. The predicted octanol–water partition coefficient (Wildman–Crippen LogP) is 3.46. The van der Waals surface area contributed by atoms with Crippen LogP contribution in [0.3, 0.4) is 0 Å². The topological polar surface area (TPSA) is 116 Å². The number of carbonyl (C=O) groups is 3. The summed E-state index contributed by atoms with van der Waals surface area (Å²) in [4.78, 5) is 48.9. The highest BCUT2D eigenvalue weighted by atomic mass is 16.7. The van der Waals surface area contributed by atoms with Crippen molar-refractivity contribution in [3.63, 3.8) is 0 Å². The number of anilines is 2. The van der Waals surface area contributed by atoms with E-state index in [9.17, 15) is 14.4 Å². The van der Waals surface area contributed by atoms with E-state index in [-0.39, 0.29) is 17.7 Å². The van der Waals surface area contributed by atoms with E-state index in [0.29, 0.717) is 16.6 Å². The van der Waals surface area contributed by atoms with E-state index in [4.69, 9.17) is 14.3 Å². The molecule has 3 heterocycles. The van der Waals surface area contributed by atoms with Gasteiger partial charge >= 0.3 is 5.97 Å². The van der Waals surface area contributed by atoms with Gasteiger partial charge in [0.05, 0.1) is 29.8 Å². The number of benzene rings is 2. The Labute approximate surface area is 230 Å². The second kappa shape index (κ2) is 10.4. The largest absolute Gasteiger partial charge is 0.490 e. The van der Waals surface area contributed by atoms with Gasteiger partial charge in [0.25, 0.3) is 11.8 Å². The molecule has 0 saturated heterocycles. The lowest BCUT2D eigenvalue weighted by molar-refractivity contribution is -0.750. The van der Waals surface area contributed by atoms with Crippen LogP contribution in [0.1, 0.15) is 41.5 Å². The highest BCUT2D eigenvalue weighted by Crippen LogP contribution is 2.26. The summed E-state index contributed by atoms with van der Waals surface area (Å²) in [6, 6.07) is 17.4. The number of hydroxylamine groups is 2. The third-order valence-corrected chi connectivity index (χ3v) is 6.25. The minimum atomic E-state index is -1.38. The summed E-state index contributed by atoms with van der Waals surface area (Å²) >= 11 is 0. The van der Waals surface area contributed by atoms with Crippen LogP contribution in [0, 0.1) is 0 Å². The Morgan fingerprint density at radius 3 is 2.35 bits per heavy atom. The second-order valence-corrected chi connectivity index (χ2v) is 10.4. The van der Waals surface area contributed by atoms with E-state index in [1.54, 1.807) is 51.1 Å². The summed E-state index contributed by atoms with van der Waals surface area (Å²) < 4.78 is 15.3. The van der Waals surface area contributed by atoms with E-state index < -0.39 is 29.5 Å². The van der Waals surface area contributed by atoms with E-state index in [2.05, 4.69) is 10.3 Å². The molecule has 2 amide bonds. The van der Waals surface area contributed by atoms with Gasteiger partial charge in [-0.25, -0.2) is 14.6 Å². The quantitative estimate of drug-likeness (QED) is 0.204. The highest BCUT2D eigenvalue weighted by Gasteiger charge is 2.40. The van der Waals surface area contributed by atoms with Crippen molar-refractivity contribution in [2.75, 3.05) is 11.9 Å². The molecule has 1 atom stereocenters. The number of imide groups is 1. The summed E-state index contributed by atoms with van der Waals surface area (Å²) in [5, 5.41) is 4.70. The van der Waals surface area contributed by atoms with E-state index >= 15 is 0 Å². The number of fused-ring (bicyclic) bond motifs is 2. The summed E-state index contributed by atoms with van der Waals surface area (Å²) in [6.07, 6.45) is 0.559. The van der Waals surface area contributed by atoms with Crippen LogP contribution < -0.4 is 14.7 Å². The number of pyridine rings is 1. The number of nitrogens with zero attached hydrogens (tertiary/aromatic N) is 4. The number of hydrogen-bond donors (Lipinski definition) is 1. The Morgan fingerprint density at radius 2 is 1.73 bits per heavy atom. The summed E-state index contributed by atoms with van der Waals surface area (Å²) in [6.45, 7) is 4.83. The minimum absolute atomic E-state index is 0.202. The fourth-order valence-corrected chi connectivity index (χ4v) is 4.14. The van der Waals surface area contributed by atoms with Crippen molar-refractivity contribution in [1.82, 2.24) is 14.7 Å². The smallest absolute Gasteiger partial charge is 0.342 e. The zero-order valence-corrected chi connectivity index (χ0v) is 22.9. The van der Waals surface area contributed by atoms with Gasteiger partial charge in [-0.15, -0.1) is 14.4 Å². The molecule has 0 unspecified atom stereocenters. The molecule has 0 aliphatic carbocycles. The molecule has 4 aromatic rings. The number of aryl methyl sites for hydroxylation is 1. The molecule has 11 nitrogen and oxygen atoms in total. The fraction of sp³-hybridized carbons (Fsp3) is 0.276. The van der Waals surface area contributed by atoms with Gasteiger partial charge in [0.1, 0.15) is 23.8 Å². The maximum atomic E-state index is 13.0. The van der Waals surface area contributed by atoms with E-state index in [1.165, 1.54) is 12.1 Å². The lowest BCUT2D eigenvalue weighted by atomic mass is 10.1. The van der Waals surface area contributed by atoms with E-state index in [0.717, 1.165) is 16.7 Å². The van der Waals surface area contributed by atoms with Gasteiger partial charge in [0.15, 0.2) is 19.1 Å². The van der Waals surface area contributed by atoms with Gasteiger partial charge in [0.2, 0.25) is 6.10 Å². The van der Waals surface area contributed by atoms with Crippen molar-refractivity contribution in [2.24, 2.45) is 14.1 Å². The zero-order valence-electron chi connectivity index (χ0n) is 22.9. The molecular formula is C29H30N5O6+. The average molecular weight is 545 g/mol. The van der Waals surface area contributed by atoms with Crippen LogP contribution in [0.4, 0.5) is 11.6 Å². The molecule has 1 N–H and O–H groups in total. The van der Waals surface area contributed by atoms with Gasteiger partial charge in [-0.2, -0.15) is 0 Å². The maximum absolute atomic E-state index is 13.0. The molecule has 5 rings (SSSR count). The standard InChI is InChI=1S/C29H29N5O6/c1-29(2,3)39-28(37)23(40-34-26(35)20-8-6-7-9-21(20)27(34)36)17-38-19-11-12-22-18(16-19)10-13-24(30-22)31-25-14-15-32(4)33(25)5/h6-16,23H,17H2,1-5H3/p+1/t23-/m0/s1. The summed E-state index contributed by atoms with van der Waals surface area (Å²) in [5.41, 5.74) is 0.320. The van der Waals surface area contributed by atoms with Gasteiger partial charge in [-0.3, -0.25) is 9.59 Å². The molecule has 2 aromatic heterocycles. The highest BCUT2D eigenvalue weighted by molar-refractivity contribution is 6.20. The van der Waals surface area contributed by atoms with Gasteiger partial charge in [0, 0.05) is 5.39 Å². The second-order valence-electron chi connectivity index (χ2n) is 10.4. The fourth-order valence-electron chi connectivity index (χ4n) is 4.14. The van der Waals surface area contributed by atoms with Crippen LogP contribution in [0.25, 0.3) is 10.9 Å². The molecule has 0 saturated carbocycles. The molecule has 0 bridgehead atoms. The van der Waals surface area contributed by atoms with Crippen LogP contribution in [-0.4, -0.2) is 50.8 Å². The van der Waals surface area contributed by atoms with Gasteiger partial charge < -0.3 is 14.8 Å². The molecule has 0 radical (unpaired) electrons. The molecule has 0 spiro atoms. The van der Waals surface area contributed by atoms with E-state index in [1.807, 2.05) is 47.9 Å². The van der Waals surface area contributed by atoms with Gasteiger partial charge in [-0.1, -0.05) is 12.1 Å². The van der Waals surface area contributed by atoms with Crippen LogP contribution in [0.5, 0.6) is 5.75 Å². The first-order valence-corrected chi connectivity index (χ1v) is 12.7. The zero-order chi connectivity index (χ0) is 28.6. The number of esters is 1. The number of carbonyl (C=O) groups excluding carboxylic acids is 3. The first kappa shape index (κ1) is 26.8. The van der Waals surface area contributed by atoms with Crippen LogP contribution in [0.15, 0.2) is 66.9 Å². The van der Waals surface area contributed by atoms with Crippen LogP contribution in [0.2, 0.25) is 0 Å². The molecule has 2 aromatic carbocycles. The molecule has 0 fully saturated rings. The molecule has 11 heteroatoms. The molecule has 1 aliphatic rings. The number of nitrogens with one attached hydrogen (secondary N) is 1. The average Bonchev–Trinajstić information content (AvgIpc) is 3.35. The third-order valence-electron chi connectivity index (χ3n) is 6.25. The number of hydrogen-bond acceptors (Lipinski definition) is 8. The molecule has 1 aliphatic heterocycles. The predicted molar refractivity (Wildman–Crippen MR) is 145 cm³/mol. The monoisotopic (exact) mass is 544 g/mol. The number of ether oxygens (including phenoxy) is 2. The van der Waals surface area contributed by atoms with Crippen molar-refractivity contribution < 1.29 is 33.4 Å². The Bertz CT molecular complexity index is 1590. The van der Waals surface area contributed by atoms with Crippen molar-refractivity contribution in [1.29, 1.82) is 0 Å². The number of amides is 2. The normalized spacial score (nSPS) is 13.9. The van der Waals surface area contributed by atoms with Crippen molar-refractivity contribution in [3.05, 3.63) is 78.0 Å². The first-order chi connectivity index (χ1) is 19.0. The minimum Gasteiger partial charge on any atom is -0.490 e. The summed E-state index contributed by atoms with van der Waals surface area (Å²) in [5.74, 6) is -0.0537. The lowest BCUT2D eigenvalue weighted by Crippen LogP contribution is -2.43. The molecule has 40 heavy (non-hydrogen) atoms. The first-order valence-electron chi connectivity index (χ1n) is 12.7. The summed E-state index contributed by atoms with van der Waals surface area (Å²) in [7, 11) is 3.88. The Balaban J connectivity index is 1.32. The third kappa shape index (κ3) is 5.50.